The summed E-state index contributed by atoms with van der Waals surface area (Å²) >= 11 is 1.55. The molecule has 1 unspecified atom stereocenters. The van der Waals surface area contributed by atoms with Crippen LogP contribution in [0.5, 0.6) is 0 Å². The second-order valence-electron chi connectivity index (χ2n) is 5.63. The molecule has 3 aromatic rings. The molecule has 0 aromatic carbocycles. The van der Waals surface area contributed by atoms with E-state index in [0.717, 1.165) is 40.4 Å². The molecule has 0 radical (unpaired) electrons. The molecule has 8 heteroatoms. The van der Waals surface area contributed by atoms with Crippen LogP contribution in [-0.4, -0.2) is 31.5 Å². The zero-order chi connectivity index (χ0) is 15.8. The lowest BCUT2D eigenvalue weighted by molar-refractivity contribution is 0.0946. The van der Waals surface area contributed by atoms with Crippen molar-refractivity contribution in [3.05, 3.63) is 41.2 Å². The molecule has 7 nitrogen and oxygen atoms in total. The molecule has 118 valence electrons. The molecular weight excluding hydrogens is 312 g/mol. The number of pyridine rings is 1. The van der Waals surface area contributed by atoms with Gasteiger partial charge >= 0.3 is 0 Å². The van der Waals surface area contributed by atoms with Crippen LogP contribution in [0.4, 0.5) is 0 Å². The van der Waals surface area contributed by atoms with Gasteiger partial charge in [-0.25, -0.2) is 9.97 Å². The van der Waals surface area contributed by atoms with E-state index in [2.05, 4.69) is 20.3 Å². The fourth-order valence-corrected chi connectivity index (χ4v) is 3.60. The summed E-state index contributed by atoms with van der Waals surface area (Å²) < 4.78 is 3.04. The predicted molar refractivity (Wildman–Crippen MR) is 87.1 cm³/mol. The number of aryl methyl sites for hydroxylation is 1. The number of carbonyl (C=O) groups is 1. The summed E-state index contributed by atoms with van der Waals surface area (Å²) in [7, 11) is 0. The Kier molecular flexibility index (Phi) is 3.55. The summed E-state index contributed by atoms with van der Waals surface area (Å²) in [6, 6.07) is 2.06. The van der Waals surface area contributed by atoms with Crippen molar-refractivity contribution in [3.63, 3.8) is 0 Å². The highest BCUT2D eigenvalue weighted by atomic mass is 32.1. The fourth-order valence-electron chi connectivity index (χ4n) is 2.73. The van der Waals surface area contributed by atoms with Crippen LogP contribution in [0.1, 0.15) is 27.7 Å². The minimum absolute atomic E-state index is 0.143. The second-order valence-corrected chi connectivity index (χ2v) is 6.74. The Morgan fingerprint density at radius 3 is 3.26 bits per heavy atom. The number of hydrogen-bond acceptors (Lipinski definition) is 6. The highest BCUT2D eigenvalue weighted by Gasteiger charge is 2.20. The highest BCUT2D eigenvalue weighted by Crippen LogP contribution is 2.20. The number of rotatable bonds is 3. The van der Waals surface area contributed by atoms with Crippen LogP contribution in [0.25, 0.3) is 10.2 Å². The Balaban J connectivity index is 1.45. The van der Waals surface area contributed by atoms with Gasteiger partial charge in [0.1, 0.15) is 16.5 Å². The molecule has 1 atom stereocenters. The minimum atomic E-state index is -0.183. The van der Waals surface area contributed by atoms with E-state index in [-0.39, 0.29) is 11.9 Å². The largest absolute Gasteiger partial charge is 0.344 e. The number of carbonyl (C=O) groups excluding carboxylic acids is 1. The summed E-state index contributed by atoms with van der Waals surface area (Å²) in [6.45, 7) is 1.11. The smallest absolute Gasteiger partial charge is 0.271 e. The number of imidazole rings is 1. The van der Waals surface area contributed by atoms with Crippen molar-refractivity contribution < 1.29 is 4.79 Å². The lowest BCUT2D eigenvalue weighted by Crippen LogP contribution is -2.31. The van der Waals surface area contributed by atoms with E-state index in [1.54, 1.807) is 29.9 Å². The van der Waals surface area contributed by atoms with E-state index in [1.165, 1.54) is 0 Å². The molecular formula is C15H16N6OS. The summed E-state index contributed by atoms with van der Waals surface area (Å²) in [6.07, 6.45) is 6.98. The topological polar surface area (TPSA) is 98.7 Å². The van der Waals surface area contributed by atoms with Gasteiger partial charge in [-0.3, -0.25) is 9.78 Å². The molecule has 0 fully saturated rings. The van der Waals surface area contributed by atoms with Gasteiger partial charge in [0.2, 0.25) is 0 Å². The first-order chi connectivity index (χ1) is 11.2. The Bertz CT molecular complexity index is 837. The van der Waals surface area contributed by atoms with Gasteiger partial charge in [-0.2, -0.15) is 0 Å². The van der Waals surface area contributed by atoms with Crippen molar-refractivity contribution in [1.29, 1.82) is 0 Å². The summed E-state index contributed by atoms with van der Waals surface area (Å²) in [5, 5.41) is 3.73. The third kappa shape index (κ3) is 2.82. The molecule has 1 aliphatic heterocycles. The van der Waals surface area contributed by atoms with Gasteiger partial charge in [0, 0.05) is 31.4 Å². The Hall–Kier alpha value is -2.32. The zero-order valence-corrected chi connectivity index (χ0v) is 13.2. The van der Waals surface area contributed by atoms with Crippen LogP contribution in [0, 0.1) is 0 Å². The number of nitrogens with two attached hydrogens (primary N) is 1. The molecule has 23 heavy (non-hydrogen) atoms. The molecule has 0 bridgehead atoms. The quantitative estimate of drug-likeness (QED) is 0.750. The first kappa shape index (κ1) is 14.3. The van der Waals surface area contributed by atoms with Gasteiger partial charge in [-0.15, -0.1) is 11.3 Å². The lowest BCUT2D eigenvalue weighted by atomic mass is 10.1. The molecule has 0 spiro atoms. The Morgan fingerprint density at radius 2 is 2.39 bits per heavy atom. The lowest BCUT2D eigenvalue weighted by Gasteiger charge is -2.19. The van der Waals surface area contributed by atoms with E-state index in [0.29, 0.717) is 12.2 Å². The molecule has 0 saturated heterocycles. The average molecular weight is 328 g/mol. The third-order valence-corrected chi connectivity index (χ3v) is 4.93. The normalized spacial score (nSPS) is 17.2. The first-order valence-electron chi connectivity index (χ1n) is 7.48. The second kappa shape index (κ2) is 5.71. The molecule has 1 aliphatic rings. The molecule has 1 amide bonds. The molecule has 4 rings (SSSR count). The number of thiazole rings is 1. The van der Waals surface area contributed by atoms with Crippen LogP contribution < -0.4 is 11.1 Å². The number of nitrogens with one attached hydrogen (secondary N) is 1. The van der Waals surface area contributed by atoms with Crippen molar-refractivity contribution in [3.8, 4) is 0 Å². The average Bonchev–Trinajstić information content (AvgIpc) is 3.15. The van der Waals surface area contributed by atoms with E-state index < -0.39 is 0 Å². The first-order valence-corrected chi connectivity index (χ1v) is 8.30. The molecule has 3 N–H and O–H groups in total. The van der Waals surface area contributed by atoms with Crippen LogP contribution in [-0.2, 0) is 19.5 Å². The monoisotopic (exact) mass is 328 g/mol. The summed E-state index contributed by atoms with van der Waals surface area (Å²) in [5.74, 6) is 0.751. The number of aromatic nitrogens is 4. The van der Waals surface area contributed by atoms with Crippen molar-refractivity contribution in [1.82, 2.24) is 24.8 Å². The van der Waals surface area contributed by atoms with Crippen LogP contribution in [0.3, 0.4) is 0 Å². The standard InChI is InChI=1S/C15H16N6OS/c16-9-1-2-13-19-11(8-21(13)7-9)15(22)18-6-14-20-10-5-17-4-3-12(10)23-14/h3-5,8-9H,1-2,6-7,16H2,(H,18,22). The molecule has 0 saturated carbocycles. The highest BCUT2D eigenvalue weighted by molar-refractivity contribution is 7.18. The minimum Gasteiger partial charge on any atom is -0.344 e. The number of amides is 1. The summed E-state index contributed by atoms with van der Waals surface area (Å²) in [5.41, 5.74) is 7.24. The zero-order valence-electron chi connectivity index (χ0n) is 12.4. The third-order valence-electron chi connectivity index (χ3n) is 3.90. The Labute approximate surface area is 136 Å². The van der Waals surface area contributed by atoms with Crippen LogP contribution in [0.2, 0.25) is 0 Å². The van der Waals surface area contributed by atoms with E-state index in [1.807, 2.05) is 10.6 Å². The number of nitrogens with zero attached hydrogens (tertiary/aromatic N) is 4. The predicted octanol–water partition coefficient (Wildman–Crippen LogP) is 1.09. The Morgan fingerprint density at radius 1 is 1.48 bits per heavy atom. The van der Waals surface area contributed by atoms with Crippen molar-refractivity contribution in [2.24, 2.45) is 5.73 Å². The van der Waals surface area contributed by atoms with Crippen molar-refractivity contribution in [2.45, 2.75) is 32.0 Å². The summed E-state index contributed by atoms with van der Waals surface area (Å²) in [4.78, 5) is 25.2. The van der Waals surface area contributed by atoms with Gasteiger partial charge in [0.15, 0.2) is 0 Å². The fraction of sp³-hybridized carbons (Fsp3) is 0.333. The van der Waals surface area contributed by atoms with Gasteiger partial charge in [-0.1, -0.05) is 0 Å². The molecule has 3 aromatic heterocycles. The van der Waals surface area contributed by atoms with Gasteiger partial charge in [0.25, 0.3) is 5.91 Å². The maximum atomic E-state index is 12.3. The van der Waals surface area contributed by atoms with Gasteiger partial charge < -0.3 is 15.6 Å². The number of fused-ring (bicyclic) bond motifs is 2. The van der Waals surface area contributed by atoms with Crippen LogP contribution >= 0.6 is 11.3 Å². The van der Waals surface area contributed by atoms with Gasteiger partial charge in [-0.05, 0) is 12.5 Å². The maximum absolute atomic E-state index is 12.3. The molecule has 4 heterocycles. The van der Waals surface area contributed by atoms with E-state index in [4.69, 9.17) is 5.73 Å². The van der Waals surface area contributed by atoms with E-state index >= 15 is 0 Å². The van der Waals surface area contributed by atoms with Crippen LogP contribution in [0.15, 0.2) is 24.7 Å². The van der Waals surface area contributed by atoms with Crippen molar-refractivity contribution >= 4 is 27.5 Å². The van der Waals surface area contributed by atoms with Crippen molar-refractivity contribution in [2.75, 3.05) is 0 Å². The van der Waals surface area contributed by atoms with Gasteiger partial charge in [0.05, 0.1) is 23.0 Å². The van der Waals surface area contributed by atoms with E-state index in [9.17, 15) is 4.79 Å². The molecule has 0 aliphatic carbocycles. The maximum Gasteiger partial charge on any atom is 0.271 e. The number of hydrogen-bond donors (Lipinski definition) is 2. The SMILES string of the molecule is NC1CCc2nc(C(=O)NCc3nc4cnccc4s3)cn2C1.